The predicted molar refractivity (Wildman–Crippen MR) is 112 cm³/mol. The second kappa shape index (κ2) is 7.93. The van der Waals surface area contributed by atoms with E-state index in [0.29, 0.717) is 28.0 Å². The van der Waals surface area contributed by atoms with Crippen LogP contribution in [0.5, 0.6) is 5.88 Å². The standard InChI is InChI=1S/C20H17Cl2N3O4/c21-14-4-1-5-23-19(14)29-10-11-3-2-6-25(11)17-8-16-12(7-15(17)22)18(26)13(9-24-16)20(27)28/h1,4-5,7-9,11H,2-3,6,10H2,(H,24,26)(H,27,28). The Morgan fingerprint density at radius 2 is 2.17 bits per heavy atom. The molecule has 1 aliphatic heterocycles. The molecule has 1 aliphatic rings. The highest BCUT2D eigenvalue weighted by Gasteiger charge is 2.28. The fraction of sp³-hybridized carbons (Fsp3) is 0.250. The van der Waals surface area contributed by atoms with Gasteiger partial charge in [0.2, 0.25) is 11.3 Å². The molecule has 1 unspecified atom stereocenters. The lowest BCUT2D eigenvalue weighted by atomic mass is 10.1. The van der Waals surface area contributed by atoms with Crippen LogP contribution in [0.1, 0.15) is 23.2 Å². The van der Waals surface area contributed by atoms with Gasteiger partial charge in [0, 0.05) is 24.3 Å². The molecule has 1 saturated heterocycles. The smallest absolute Gasteiger partial charge is 0.341 e. The van der Waals surface area contributed by atoms with Crippen LogP contribution in [0.15, 0.2) is 41.5 Å². The Morgan fingerprint density at radius 1 is 1.34 bits per heavy atom. The zero-order valence-electron chi connectivity index (χ0n) is 15.2. The number of nitrogens with one attached hydrogen (secondary N) is 1. The van der Waals surface area contributed by atoms with Crippen molar-refractivity contribution in [1.29, 1.82) is 0 Å². The lowest BCUT2D eigenvalue weighted by Crippen LogP contribution is -2.34. The zero-order valence-corrected chi connectivity index (χ0v) is 16.7. The molecule has 0 saturated carbocycles. The highest BCUT2D eigenvalue weighted by Crippen LogP contribution is 2.34. The van der Waals surface area contributed by atoms with Gasteiger partial charge < -0.3 is 19.7 Å². The summed E-state index contributed by atoms with van der Waals surface area (Å²) < 4.78 is 5.81. The number of carboxylic acids is 1. The summed E-state index contributed by atoms with van der Waals surface area (Å²) in [6.45, 7) is 1.17. The van der Waals surface area contributed by atoms with Crippen LogP contribution >= 0.6 is 23.2 Å². The van der Waals surface area contributed by atoms with Gasteiger partial charge in [0.15, 0.2) is 0 Å². The summed E-state index contributed by atoms with van der Waals surface area (Å²) in [5.74, 6) is -0.894. The maximum atomic E-state index is 12.4. The number of aromatic amines is 1. The van der Waals surface area contributed by atoms with E-state index in [-0.39, 0.29) is 17.0 Å². The van der Waals surface area contributed by atoms with E-state index in [4.69, 9.17) is 33.0 Å². The number of benzene rings is 1. The van der Waals surface area contributed by atoms with Crippen molar-refractivity contribution in [2.24, 2.45) is 0 Å². The van der Waals surface area contributed by atoms with E-state index in [9.17, 15) is 9.59 Å². The van der Waals surface area contributed by atoms with Crippen LogP contribution < -0.4 is 15.1 Å². The van der Waals surface area contributed by atoms with E-state index < -0.39 is 11.4 Å². The quantitative estimate of drug-likeness (QED) is 0.631. The summed E-state index contributed by atoms with van der Waals surface area (Å²) >= 11 is 12.6. The van der Waals surface area contributed by atoms with E-state index in [1.165, 1.54) is 12.3 Å². The van der Waals surface area contributed by atoms with Crippen molar-refractivity contribution in [3.8, 4) is 5.88 Å². The number of aromatic carboxylic acids is 1. The molecule has 0 amide bonds. The van der Waals surface area contributed by atoms with E-state index in [1.54, 1.807) is 24.4 Å². The molecule has 0 aliphatic carbocycles. The maximum absolute atomic E-state index is 12.4. The molecule has 0 bridgehead atoms. The van der Waals surface area contributed by atoms with Crippen LogP contribution in [0.3, 0.4) is 0 Å². The van der Waals surface area contributed by atoms with Crippen LogP contribution in [0.2, 0.25) is 10.0 Å². The molecule has 0 radical (unpaired) electrons. The number of halogens is 2. The second-order valence-corrected chi connectivity index (χ2v) is 7.59. The lowest BCUT2D eigenvalue weighted by Gasteiger charge is -2.28. The van der Waals surface area contributed by atoms with Gasteiger partial charge in [-0.3, -0.25) is 4.79 Å². The molecule has 3 aromatic rings. The van der Waals surface area contributed by atoms with E-state index in [1.807, 2.05) is 0 Å². The largest absolute Gasteiger partial charge is 0.477 e. The number of hydrogen-bond acceptors (Lipinski definition) is 5. The van der Waals surface area contributed by atoms with Crippen molar-refractivity contribution < 1.29 is 14.6 Å². The number of rotatable bonds is 5. The Bertz CT molecular complexity index is 1150. The minimum Gasteiger partial charge on any atom is -0.477 e. The van der Waals surface area contributed by atoms with Crippen molar-refractivity contribution in [2.45, 2.75) is 18.9 Å². The van der Waals surface area contributed by atoms with E-state index in [2.05, 4.69) is 14.9 Å². The van der Waals surface area contributed by atoms with Crippen molar-refractivity contribution in [1.82, 2.24) is 9.97 Å². The number of fused-ring (bicyclic) bond motifs is 1. The lowest BCUT2D eigenvalue weighted by molar-refractivity contribution is 0.0695. The molecule has 1 aromatic carbocycles. The summed E-state index contributed by atoms with van der Waals surface area (Å²) in [4.78, 5) is 32.7. The van der Waals surface area contributed by atoms with Gasteiger partial charge in [-0.25, -0.2) is 9.78 Å². The Hall–Kier alpha value is -2.77. The van der Waals surface area contributed by atoms with Crippen LogP contribution in [-0.4, -0.2) is 40.2 Å². The Morgan fingerprint density at radius 3 is 2.93 bits per heavy atom. The molecule has 1 atom stereocenters. The van der Waals surface area contributed by atoms with Crippen molar-refractivity contribution in [2.75, 3.05) is 18.1 Å². The SMILES string of the molecule is O=C(O)c1c[nH]c2cc(N3CCCC3COc3ncccc3Cl)c(Cl)cc2c1=O. The molecule has 29 heavy (non-hydrogen) atoms. The van der Waals surface area contributed by atoms with Gasteiger partial charge in [-0.2, -0.15) is 0 Å². The molecule has 9 heteroatoms. The number of nitrogens with zero attached hydrogens (tertiary/aromatic N) is 2. The third-order valence-corrected chi connectivity index (χ3v) is 5.59. The topological polar surface area (TPSA) is 95.5 Å². The number of carboxylic acid groups (broad SMARTS) is 1. The van der Waals surface area contributed by atoms with Crippen LogP contribution in [-0.2, 0) is 0 Å². The van der Waals surface area contributed by atoms with Gasteiger partial charge in [-0.1, -0.05) is 23.2 Å². The summed E-state index contributed by atoms with van der Waals surface area (Å²) in [6, 6.07) is 6.81. The van der Waals surface area contributed by atoms with E-state index >= 15 is 0 Å². The monoisotopic (exact) mass is 433 g/mol. The number of ether oxygens (including phenoxy) is 1. The third-order valence-electron chi connectivity index (χ3n) is 5.00. The molecular formula is C20H17Cl2N3O4. The number of pyridine rings is 2. The van der Waals surface area contributed by atoms with Gasteiger partial charge >= 0.3 is 5.97 Å². The fourth-order valence-corrected chi connectivity index (χ4v) is 4.04. The van der Waals surface area contributed by atoms with Gasteiger partial charge in [0.1, 0.15) is 17.2 Å². The second-order valence-electron chi connectivity index (χ2n) is 6.78. The van der Waals surface area contributed by atoms with Gasteiger partial charge in [-0.15, -0.1) is 0 Å². The first-order valence-corrected chi connectivity index (χ1v) is 9.79. The molecule has 3 heterocycles. The molecule has 0 spiro atoms. The average Bonchev–Trinajstić information content (AvgIpc) is 3.16. The minimum atomic E-state index is -1.28. The van der Waals surface area contributed by atoms with Crippen LogP contribution in [0.25, 0.3) is 10.9 Å². The van der Waals surface area contributed by atoms with Gasteiger partial charge in [0.05, 0.1) is 22.3 Å². The number of carbonyl (C=O) groups is 1. The Kier molecular flexibility index (Phi) is 5.34. The Balaban J connectivity index is 1.63. The van der Waals surface area contributed by atoms with Gasteiger partial charge in [-0.05, 0) is 37.1 Å². The third kappa shape index (κ3) is 3.75. The molecule has 7 nitrogen and oxygen atoms in total. The molecule has 1 fully saturated rings. The highest BCUT2D eigenvalue weighted by molar-refractivity contribution is 6.34. The van der Waals surface area contributed by atoms with Crippen molar-refractivity contribution >= 4 is 45.8 Å². The number of anilines is 1. The summed E-state index contributed by atoms with van der Waals surface area (Å²) in [5, 5.41) is 10.2. The molecule has 4 rings (SSSR count). The van der Waals surface area contributed by atoms with Gasteiger partial charge in [0.25, 0.3) is 0 Å². The summed E-state index contributed by atoms with van der Waals surface area (Å²) in [5.41, 5.74) is 0.404. The zero-order chi connectivity index (χ0) is 20.5. The maximum Gasteiger partial charge on any atom is 0.341 e. The number of H-pyrrole nitrogens is 1. The highest BCUT2D eigenvalue weighted by atomic mass is 35.5. The van der Waals surface area contributed by atoms with E-state index in [0.717, 1.165) is 25.1 Å². The first-order chi connectivity index (χ1) is 14.0. The number of hydrogen-bond donors (Lipinski definition) is 2. The number of aromatic nitrogens is 2. The first kappa shape index (κ1) is 19.5. The summed E-state index contributed by atoms with van der Waals surface area (Å²) in [7, 11) is 0. The molecule has 2 aromatic heterocycles. The average molecular weight is 434 g/mol. The minimum absolute atomic E-state index is 0.0630. The molecule has 150 valence electrons. The predicted octanol–water partition coefficient (Wildman–Crippen LogP) is 3.98. The normalized spacial score (nSPS) is 16.3. The summed E-state index contributed by atoms with van der Waals surface area (Å²) in [6.07, 6.45) is 4.70. The van der Waals surface area contributed by atoms with Crippen LogP contribution in [0, 0.1) is 0 Å². The van der Waals surface area contributed by atoms with Crippen molar-refractivity contribution in [3.05, 3.63) is 62.5 Å². The Labute approximate surface area is 175 Å². The molecular weight excluding hydrogens is 417 g/mol. The fourth-order valence-electron chi connectivity index (χ4n) is 3.59. The first-order valence-electron chi connectivity index (χ1n) is 9.04. The molecule has 2 N–H and O–H groups in total. The van der Waals surface area contributed by atoms with Crippen molar-refractivity contribution in [3.63, 3.8) is 0 Å². The van der Waals surface area contributed by atoms with Crippen LogP contribution in [0.4, 0.5) is 5.69 Å².